The topological polar surface area (TPSA) is 74.6 Å². The SMILES string of the molecule is O=c1c(C(c2ccc(Br)cc2)c2c(O)sc3ccccc3c2=O)c(O)sc2ccccc12. The predicted octanol–water partition coefficient (Wildman–Crippen LogP) is 6.19. The van der Waals surface area contributed by atoms with Gasteiger partial charge < -0.3 is 10.2 Å². The second-order valence-electron chi connectivity index (χ2n) is 7.28. The van der Waals surface area contributed by atoms with Crippen LogP contribution in [0.2, 0.25) is 0 Å². The van der Waals surface area contributed by atoms with Crippen molar-refractivity contribution in [2.24, 2.45) is 0 Å². The Morgan fingerprint density at radius 2 is 1.09 bits per heavy atom. The van der Waals surface area contributed by atoms with E-state index in [2.05, 4.69) is 15.9 Å². The molecule has 0 spiro atoms. The van der Waals surface area contributed by atoms with E-state index in [1.807, 2.05) is 0 Å². The molecule has 2 heterocycles. The lowest BCUT2D eigenvalue weighted by molar-refractivity contribution is 0.473. The molecule has 0 saturated carbocycles. The predicted molar refractivity (Wildman–Crippen MR) is 135 cm³/mol. The molecule has 2 N–H and O–H groups in total. The summed E-state index contributed by atoms with van der Waals surface area (Å²) in [6.45, 7) is 0. The molecule has 3 aromatic carbocycles. The van der Waals surface area contributed by atoms with E-state index in [0.717, 1.165) is 27.1 Å². The van der Waals surface area contributed by atoms with Gasteiger partial charge in [0.05, 0.1) is 17.0 Å². The average Bonchev–Trinajstić information content (AvgIpc) is 2.78. The Balaban J connectivity index is 1.91. The number of rotatable bonds is 3. The number of halogens is 1. The third-order valence-corrected chi connectivity index (χ3v) is 7.91. The first kappa shape index (κ1) is 20.9. The first-order valence-electron chi connectivity index (χ1n) is 9.70. The standard InChI is InChI=1S/C25H15BrO4S2/c26-14-11-9-13(10-12-14)19(20-22(27)15-5-1-3-7-17(15)31-24(20)29)21-23(28)16-6-2-4-8-18(16)32-25(21)30/h1-12,19,29-30H. The lowest BCUT2D eigenvalue weighted by Gasteiger charge is -2.20. The van der Waals surface area contributed by atoms with Crippen molar-refractivity contribution >= 4 is 58.8 Å². The van der Waals surface area contributed by atoms with Crippen LogP contribution in [0, 0.1) is 0 Å². The van der Waals surface area contributed by atoms with Gasteiger partial charge in [0.25, 0.3) is 0 Å². The number of benzene rings is 3. The highest BCUT2D eigenvalue weighted by molar-refractivity contribution is 9.10. The van der Waals surface area contributed by atoms with E-state index in [-0.39, 0.29) is 32.1 Å². The normalized spacial score (nSPS) is 11.4. The minimum absolute atomic E-state index is 0.0888. The first-order chi connectivity index (χ1) is 15.5. The summed E-state index contributed by atoms with van der Waals surface area (Å²) in [7, 11) is 0. The fraction of sp³-hybridized carbons (Fsp3) is 0.0400. The third kappa shape index (κ3) is 3.43. The summed E-state index contributed by atoms with van der Waals surface area (Å²) in [5.74, 6) is -0.926. The zero-order chi connectivity index (χ0) is 22.4. The van der Waals surface area contributed by atoms with Crippen molar-refractivity contribution in [2.45, 2.75) is 5.92 Å². The fourth-order valence-electron chi connectivity index (χ4n) is 3.93. The van der Waals surface area contributed by atoms with E-state index in [1.54, 1.807) is 72.8 Å². The monoisotopic (exact) mass is 522 g/mol. The lowest BCUT2D eigenvalue weighted by atomic mass is 9.86. The van der Waals surface area contributed by atoms with E-state index in [4.69, 9.17) is 0 Å². The van der Waals surface area contributed by atoms with Crippen molar-refractivity contribution in [3.05, 3.63) is 114 Å². The van der Waals surface area contributed by atoms with Crippen LogP contribution in [0.5, 0.6) is 10.1 Å². The molecule has 158 valence electrons. The van der Waals surface area contributed by atoms with Gasteiger partial charge in [-0.3, -0.25) is 9.59 Å². The molecule has 4 nitrogen and oxygen atoms in total. The summed E-state index contributed by atoms with van der Waals surface area (Å²) >= 11 is 5.58. The Hall–Kier alpha value is -3.00. The molecule has 0 aliphatic heterocycles. The number of hydrogen-bond acceptors (Lipinski definition) is 6. The molecule has 5 aromatic rings. The van der Waals surface area contributed by atoms with Gasteiger partial charge in [-0.1, -0.05) is 75.0 Å². The van der Waals surface area contributed by atoms with Crippen molar-refractivity contribution in [1.82, 2.24) is 0 Å². The van der Waals surface area contributed by atoms with Crippen molar-refractivity contribution in [1.29, 1.82) is 0 Å². The second-order valence-corrected chi connectivity index (χ2v) is 10.3. The maximum Gasteiger partial charge on any atom is 0.195 e. The molecule has 0 aliphatic carbocycles. The van der Waals surface area contributed by atoms with Gasteiger partial charge in [0, 0.05) is 24.6 Å². The van der Waals surface area contributed by atoms with Gasteiger partial charge >= 0.3 is 0 Å². The van der Waals surface area contributed by atoms with Crippen LogP contribution in [0.1, 0.15) is 22.6 Å². The Bertz CT molecular complexity index is 1500. The van der Waals surface area contributed by atoms with Gasteiger partial charge in [0.2, 0.25) is 0 Å². The van der Waals surface area contributed by atoms with Gasteiger partial charge in [-0.2, -0.15) is 0 Å². The second kappa shape index (κ2) is 8.16. The van der Waals surface area contributed by atoms with Crippen LogP contribution in [-0.2, 0) is 0 Å². The van der Waals surface area contributed by atoms with E-state index >= 15 is 0 Å². The van der Waals surface area contributed by atoms with Gasteiger partial charge in [-0.25, -0.2) is 0 Å². The summed E-state index contributed by atoms with van der Waals surface area (Å²) in [5, 5.41) is 22.5. The molecule has 32 heavy (non-hydrogen) atoms. The summed E-state index contributed by atoms with van der Waals surface area (Å²) in [6.07, 6.45) is 0. The maximum absolute atomic E-state index is 13.5. The minimum atomic E-state index is -0.926. The molecular formula is C25H15BrO4S2. The molecule has 0 fully saturated rings. The van der Waals surface area contributed by atoms with Crippen molar-refractivity contribution in [2.75, 3.05) is 0 Å². The molecule has 0 saturated heterocycles. The molecule has 0 atom stereocenters. The Morgan fingerprint density at radius 1 is 0.656 bits per heavy atom. The zero-order valence-electron chi connectivity index (χ0n) is 16.4. The van der Waals surface area contributed by atoms with Crippen molar-refractivity contribution in [3.63, 3.8) is 0 Å². The van der Waals surface area contributed by atoms with Gasteiger partial charge in [0.15, 0.2) is 21.0 Å². The molecule has 5 rings (SSSR count). The molecule has 2 aromatic heterocycles. The van der Waals surface area contributed by atoms with Crippen LogP contribution in [0.3, 0.4) is 0 Å². The van der Waals surface area contributed by atoms with Gasteiger partial charge in [-0.05, 0) is 42.0 Å². The van der Waals surface area contributed by atoms with Crippen LogP contribution >= 0.6 is 38.6 Å². The quantitative estimate of drug-likeness (QED) is 0.296. The fourth-order valence-corrected chi connectivity index (χ4v) is 6.09. The van der Waals surface area contributed by atoms with Crippen molar-refractivity contribution in [3.8, 4) is 10.1 Å². The number of hydrogen-bond donors (Lipinski definition) is 2. The largest absolute Gasteiger partial charge is 0.499 e. The van der Waals surface area contributed by atoms with E-state index in [0.29, 0.717) is 25.7 Å². The molecule has 7 heteroatoms. The highest BCUT2D eigenvalue weighted by atomic mass is 79.9. The molecule has 0 aliphatic rings. The van der Waals surface area contributed by atoms with E-state index in [9.17, 15) is 19.8 Å². The Morgan fingerprint density at radius 3 is 1.56 bits per heavy atom. The average molecular weight is 523 g/mol. The smallest absolute Gasteiger partial charge is 0.195 e. The van der Waals surface area contributed by atoms with Gasteiger partial charge in [-0.15, -0.1) is 0 Å². The molecular weight excluding hydrogens is 508 g/mol. The highest BCUT2D eigenvalue weighted by Crippen LogP contribution is 2.42. The summed E-state index contributed by atoms with van der Waals surface area (Å²) < 4.78 is 2.14. The third-order valence-electron chi connectivity index (χ3n) is 5.41. The molecule has 0 bridgehead atoms. The van der Waals surface area contributed by atoms with Crippen LogP contribution in [0.25, 0.3) is 20.2 Å². The summed E-state index contributed by atoms with van der Waals surface area (Å²) in [5.41, 5.74) is 0.0817. The van der Waals surface area contributed by atoms with Crippen LogP contribution < -0.4 is 10.9 Å². The van der Waals surface area contributed by atoms with Crippen LogP contribution in [-0.4, -0.2) is 10.2 Å². The molecule has 0 radical (unpaired) electrons. The highest BCUT2D eigenvalue weighted by Gasteiger charge is 2.30. The Kier molecular flexibility index (Phi) is 5.33. The molecule has 0 amide bonds. The van der Waals surface area contributed by atoms with Gasteiger partial charge in [0.1, 0.15) is 0 Å². The first-order valence-corrected chi connectivity index (χ1v) is 12.1. The minimum Gasteiger partial charge on any atom is -0.499 e. The molecule has 0 unspecified atom stereocenters. The Labute approximate surface area is 198 Å². The maximum atomic E-state index is 13.5. The summed E-state index contributed by atoms with van der Waals surface area (Å²) in [4.78, 5) is 27.1. The zero-order valence-corrected chi connectivity index (χ0v) is 19.6. The van der Waals surface area contributed by atoms with Crippen LogP contribution in [0.15, 0.2) is 86.9 Å². The van der Waals surface area contributed by atoms with Crippen molar-refractivity contribution < 1.29 is 10.2 Å². The number of aromatic hydroxyl groups is 2. The summed E-state index contributed by atoms with van der Waals surface area (Å²) in [6, 6.07) is 21.3. The number of fused-ring (bicyclic) bond motifs is 2. The van der Waals surface area contributed by atoms with E-state index < -0.39 is 5.92 Å². The van der Waals surface area contributed by atoms with E-state index in [1.165, 1.54) is 0 Å². The lowest BCUT2D eigenvalue weighted by Crippen LogP contribution is -2.21. The van der Waals surface area contributed by atoms with Crippen LogP contribution in [0.4, 0.5) is 0 Å².